The molecular weight excluding hydrogens is 238 g/mol. The van der Waals surface area contributed by atoms with Gasteiger partial charge in [-0.1, -0.05) is 26.0 Å². The predicted molar refractivity (Wildman–Crippen MR) is 77.5 cm³/mol. The highest BCUT2D eigenvalue weighted by Gasteiger charge is 2.07. The number of rotatable bonds is 2. The van der Waals surface area contributed by atoms with E-state index in [1.165, 1.54) is 0 Å². The van der Waals surface area contributed by atoms with Crippen LogP contribution in [0.5, 0.6) is 0 Å². The molecule has 3 heteroatoms. The molecule has 0 aliphatic rings. The third-order valence-electron chi connectivity index (χ3n) is 2.64. The zero-order chi connectivity index (χ0) is 14.4. The summed E-state index contributed by atoms with van der Waals surface area (Å²) in [5.41, 5.74) is 4.12. The molecule has 1 heterocycles. The molecule has 0 unspecified atom stereocenters. The van der Waals surface area contributed by atoms with Crippen LogP contribution >= 0.6 is 0 Å². The number of hydrogen-bond acceptors (Lipinski definition) is 2. The lowest BCUT2D eigenvalue weighted by atomic mass is 10.0. The van der Waals surface area contributed by atoms with E-state index in [-0.39, 0.29) is 0 Å². The van der Waals surface area contributed by atoms with Crippen LogP contribution in [-0.2, 0) is 0 Å². The molecule has 19 heavy (non-hydrogen) atoms. The lowest BCUT2D eigenvalue weighted by molar-refractivity contribution is 0.0697. The maximum atomic E-state index is 10.9. The van der Waals surface area contributed by atoms with Crippen LogP contribution in [-0.4, -0.2) is 16.1 Å². The Hall–Kier alpha value is -2.16. The number of carboxylic acids is 1. The van der Waals surface area contributed by atoms with Crippen molar-refractivity contribution in [3.8, 4) is 11.1 Å². The van der Waals surface area contributed by atoms with Crippen LogP contribution in [0, 0.1) is 13.8 Å². The van der Waals surface area contributed by atoms with Crippen LogP contribution in [0.1, 0.15) is 35.5 Å². The Morgan fingerprint density at radius 2 is 1.84 bits per heavy atom. The molecule has 0 fully saturated rings. The van der Waals surface area contributed by atoms with Crippen molar-refractivity contribution in [1.29, 1.82) is 0 Å². The number of nitrogens with zero attached hydrogens (tertiary/aromatic N) is 1. The van der Waals surface area contributed by atoms with Crippen LogP contribution < -0.4 is 0 Å². The standard InChI is InChI=1S/C14H13NO2.C2H6/c1-9-6-13(10(2)15-8-9)11-4-3-5-12(7-11)14(16)17;1-2/h3-8H,1-2H3,(H,16,17);1-2H3. The Balaban J connectivity index is 0.000000861. The Morgan fingerprint density at radius 1 is 1.16 bits per heavy atom. The summed E-state index contributed by atoms with van der Waals surface area (Å²) in [6.45, 7) is 7.89. The Kier molecular flexibility index (Phi) is 5.24. The number of pyridine rings is 1. The highest BCUT2D eigenvalue weighted by atomic mass is 16.4. The largest absolute Gasteiger partial charge is 0.478 e. The van der Waals surface area contributed by atoms with E-state index in [0.29, 0.717) is 5.56 Å². The van der Waals surface area contributed by atoms with Gasteiger partial charge in [0.1, 0.15) is 0 Å². The molecule has 2 rings (SSSR count). The van der Waals surface area contributed by atoms with E-state index in [0.717, 1.165) is 22.4 Å². The zero-order valence-corrected chi connectivity index (χ0v) is 11.8. The molecule has 1 N–H and O–H groups in total. The first-order chi connectivity index (χ1) is 9.08. The summed E-state index contributed by atoms with van der Waals surface area (Å²) in [5, 5.41) is 8.96. The SMILES string of the molecule is CC.Cc1cnc(C)c(-c2cccc(C(=O)O)c2)c1. The fraction of sp³-hybridized carbons (Fsp3) is 0.250. The summed E-state index contributed by atoms with van der Waals surface area (Å²) in [4.78, 5) is 15.2. The highest BCUT2D eigenvalue weighted by Crippen LogP contribution is 2.23. The van der Waals surface area contributed by atoms with Crippen molar-refractivity contribution >= 4 is 5.97 Å². The number of aromatic nitrogens is 1. The molecule has 0 saturated heterocycles. The van der Waals surface area contributed by atoms with Crippen molar-refractivity contribution < 1.29 is 9.90 Å². The molecule has 0 spiro atoms. The zero-order valence-electron chi connectivity index (χ0n) is 11.8. The van der Waals surface area contributed by atoms with Gasteiger partial charge in [-0.05, 0) is 43.2 Å². The van der Waals surface area contributed by atoms with E-state index >= 15 is 0 Å². The Morgan fingerprint density at radius 3 is 2.47 bits per heavy atom. The molecular formula is C16H19NO2. The molecule has 0 aliphatic carbocycles. The van der Waals surface area contributed by atoms with E-state index < -0.39 is 5.97 Å². The highest BCUT2D eigenvalue weighted by molar-refractivity contribution is 5.89. The quantitative estimate of drug-likeness (QED) is 0.881. The maximum absolute atomic E-state index is 10.9. The second kappa shape index (κ2) is 6.69. The fourth-order valence-electron chi connectivity index (χ4n) is 1.75. The van der Waals surface area contributed by atoms with Crippen molar-refractivity contribution in [1.82, 2.24) is 4.98 Å². The maximum Gasteiger partial charge on any atom is 0.335 e. The van der Waals surface area contributed by atoms with Gasteiger partial charge < -0.3 is 5.11 Å². The van der Waals surface area contributed by atoms with Gasteiger partial charge in [0.05, 0.1) is 5.56 Å². The summed E-state index contributed by atoms with van der Waals surface area (Å²) in [5.74, 6) is -0.912. The van der Waals surface area contributed by atoms with Gasteiger partial charge in [-0.3, -0.25) is 4.98 Å². The van der Waals surface area contributed by atoms with Crippen LogP contribution in [0.15, 0.2) is 36.5 Å². The smallest absolute Gasteiger partial charge is 0.335 e. The molecule has 3 nitrogen and oxygen atoms in total. The molecule has 0 bridgehead atoms. The van der Waals surface area contributed by atoms with E-state index in [4.69, 9.17) is 5.11 Å². The number of aryl methyl sites for hydroxylation is 2. The van der Waals surface area contributed by atoms with E-state index in [2.05, 4.69) is 4.98 Å². The van der Waals surface area contributed by atoms with Gasteiger partial charge in [0, 0.05) is 17.5 Å². The van der Waals surface area contributed by atoms with Gasteiger partial charge in [-0.2, -0.15) is 0 Å². The number of hydrogen-bond donors (Lipinski definition) is 1. The minimum absolute atomic E-state index is 0.295. The summed E-state index contributed by atoms with van der Waals surface area (Å²) in [7, 11) is 0. The number of aromatic carboxylic acids is 1. The minimum Gasteiger partial charge on any atom is -0.478 e. The van der Waals surface area contributed by atoms with Crippen LogP contribution in [0.2, 0.25) is 0 Å². The van der Waals surface area contributed by atoms with Crippen molar-refractivity contribution in [2.45, 2.75) is 27.7 Å². The van der Waals surface area contributed by atoms with Crippen molar-refractivity contribution in [3.05, 3.63) is 53.3 Å². The number of benzene rings is 1. The summed E-state index contributed by atoms with van der Waals surface area (Å²) in [6, 6.07) is 8.93. The van der Waals surface area contributed by atoms with Crippen molar-refractivity contribution in [3.63, 3.8) is 0 Å². The molecule has 2 aromatic rings. The Bertz CT molecular complexity index is 577. The lowest BCUT2D eigenvalue weighted by Crippen LogP contribution is -1.96. The summed E-state index contributed by atoms with van der Waals surface area (Å²) < 4.78 is 0. The Labute approximate surface area is 113 Å². The molecule has 100 valence electrons. The fourth-order valence-corrected chi connectivity index (χ4v) is 1.75. The van der Waals surface area contributed by atoms with Crippen molar-refractivity contribution in [2.24, 2.45) is 0 Å². The number of carboxylic acid groups (broad SMARTS) is 1. The van der Waals surface area contributed by atoms with Crippen LogP contribution in [0.25, 0.3) is 11.1 Å². The van der Waals surface area contributed by atoms with Gasteiger partial charge >= 0.3 is 5.97 Å². The van der Waals surface area contributed by atoms with Crippen LogP contribution in [0.3, 0.4) is 0 Å². The molecule has 0 aliphatic heterocycles. The molecule has 0 saturated carbocycles. The van der Waals surface area contributed by atoms with E-state index in [1.54, 1.807) is 24.4 Å². The van der Waals surface area contributed by atoms with Gasteiger partial charge in [-0.25, -0.2) is 4.79 Å². The predicted octanol–water partition coefficient (Wildman–Crippen LogP) is 4.09. The minimum atomic E-state index is -0.912. The normalized spacial score (nSPS) is 9.47. The first-order valence-electron chi connectivity index (χ1n) is 6.35. The summed E-state index contributed by atoms with van der Waals surface area (Å²) >= 11 is 0. The van der Waals surface area contributed by atoms with E-state index in [1.807, 2.05) is 39.8 Å². The topological polar surface area (TPSA) is 50.2 Å². The second-order valence-corrected chi connectivity index (χ2v) is 4.03. The third kappa shape index (κ3) is 3.65. The lowest BCUT2D eigenvalue weighted by Gasteiger charge is -2.07. The van der Waals surface area contributed by atoms with Gasteiger partial charge in [0.2, 0.25) is 0 Å². The van der Waals surface area contributed by atoms with Gasteiger partial charge in [0.25, 0.3) is 0 Å². The third-order valence-corrected chi connectivity index (χ3v) is 2.64. The molecule has 0 amide bonds. The average molecular weight is 257 g/mol. The first-order valence-corrected chi connectivity index (χ1v) is 6.35. The first kappa shape index (κ1) is 14.9. The van der Waals surface area contributed by atoms with E-state index in [9.17, 15) is 4.79 Å². The monoisotopic (exact) mass is 257 g/mol. The molecule has 0 radical (unpaired) electrons. The molecule has 1 aromatic heterocycles. The molecule has 0 atom stereocenters. The van der Waals surface area contributed by atoms with Crippen LogP contribution in [0.4, 0.5) is 0 Å². The second-order valence-electron chi connectivity index (χ2n) is 4.03. The van der Waals surface area contributed by atoms with Crippen molar-refractivity contribution in [2.75, 3.05) is 0 Å². The number of carbonyl (C=O) groups is 1. The summed E-state index contributed by atoms with van der Waals surface area (Å²) in [6.07, 6.45) is 1.81. The van der Waals surface area contributed by atoms with Gasteiger partial charge in [-0.15, -0.1) is 0 Å². The average Bonchev–Trinajstić information content (AvgIpc) is 2.44. The molecule has 1 aromatic carbocycles. The van der Waals surface area contributed by atoms with Gasteiger partial charge in [0.15, 0.2) is 0 Å².